The van der Waals surface area contributed by atoms with Crippen molar-refractivity contribution in [3.63, 3.8) is 0 Å². The number of esters is 1. The van der Waals surface area contributed by atoms with Crippen molar-refractivity contribution in [2.45, 2.75) is 19.9 Å². The lowest BCUT2D eigenvalue weighted by Gasteiger charge is -2.17. The third-order valence-electron chi connectivity index (χ3n) is 2.39. The third kappa shape index (κ3) is 4.49. The van der Waals surface area contributed by atoms with E-state index in [9.17, 15) is 9.59 Å². The molecule has 0 atom stereocenters. The molecule has 0 bridgehead atoms. The van der Waals surface area contributed by atoms with Gasteiger partial charge in [-0.05, 0) is 18.6 Å². The zero-order chi connectivity index (χ0) is 13.5. The molecule has 0 aliphatic carbocycles. The van der Waals surface area contributed by atoms with Crippen LogP contribution < -0.4 is 0 Å². The zero-order valence-corrected chi connectivity index (χ0v) is 12.1. The normalized spacial score (nSPS) is 9.94. The first-order valence-corrected chi connectivity index (χ1v) is 6.47. The molecule has 0 saturated heterocycles. The summed E-state index contributed by atoms with van der Waals surface area (Å²) in [6.45, 7) is 2.47. The van der Waals surface area contributed by atoms with Crippen LogP contribution in [0.1, 0.15) is 18.9 Å². The molecule has 0 aromatic heterocycles. The van der Waals surface area contributed by atoms with Gasteiger partial charge in [-0.2, -0.15) is 0 Å². The number of halogens is 1. The molecule has 18 heavy (non-hydrogen) atoms. The number of carbonyl (C=O) groups excluding carboxylic acids is 2. The Morgan fingerprint density at radius 3 is 2.61 bits per heavy atom. The predicted molar refractivity (Wildman–Crippen MR) is 71.9 cm³/mol. The number of carbonyl (C=O) groups is 2. The summed E-state index contributed by atoms with van der Waals surface area (Å²) in [6, 6.07) is 7.66. The van der Waals surface area contributed by atoms with Crippen molar-refractivity contribution >= 4 is 27.8 Å². The molecule has 4 nitrogen and oxygen atoms in total. The van der Waals surface area contributed by atoms with Gasteiger partial charge in [-0.1, -0.05) is 34.1 Å². The highest BCUT2D eigenvalue weighted by Gasteiger charge is 2.15. The Balaban J connectivity index is 2.55. The third-order valence-corrected chi connectivity index (χ3v) is 3.17. The molecule has 0 unspecified atom stereocenters. The maximum Gasteiger partial charge on any atom is 0.315 e. The first-order valence-electron chi connectivity index (χ1n) is 5.67. The number of amides is 1. The van der Waals surface area contributed by atoms with Crippen LogP contribution in [-0.2, 0) is 20.9 Å². The smallest absolute Gasteiger partial charge is 0.315 e. The first kappa shape index (κ1) is 14.7. The van der Waals surface area contributed by atoms with Crippen molar-refractivity contribution in [3.05, 3.63) is 34.3 Å². The quantitative estimate of drug-likeness (QED) is 0.619. The molecule has 0 heterocycles. The van der Waals surface area contributed by atoms with Gasteiger partial charge in [-0.15, -0.1) is 0 Å². The highest BCUT2D eigenvalue weighted by molar-refractivity contribution is 9.10. The molecule has 0 aliphatic rings. The minimum Gasteiger partial charge on any atom is -0.466 e. The van der Waals surface area contributed by atoms with Crippen LogP contribution in [0.5, 0.6) is 0 Å². The summed E-state index contributed by atoms with van der Waals surface area (Å²) in [5.74, 6) is -0.731. The van der Waals surface area contributed by atoms with E-state index in [4.69, 9.17) is 4.74 Å². The zero-order valence-electron chi connectivity index (χ0n) is 10.5. The summed E-state index contributed by atoms with van der Waals surface area (Å²) in [4.78, 5) is 24.5. The highest BCUT2D eigenvalue weighted by Crippen LogP contribution is 2.17. The van der Waals surface area contributed by atoms with Crippen molar-refractivity contribution in [1.82, 2.24) is 4.90 Å². The fourth-order valence-electron chi connectivity index (χ4n) is 1.44. The van der Waals surface area contributed by atoms with E-state index < -0.39 is 5.97 Å². The molecular formula is C13H16BrNO3. The molecule has 98 valence electrons. The SMILES string of the molecule is CCOC(=O)CC(=O)N(C)Cc1ccccc1Br. The Morgan fingerprint density at radius 1 is 1.33 bits per heavy atom. The molecule has 0 spiro atoms. The fourth-order valence-corrected chi connectivity index (χ4v) is 1.85. The van der Waals surface area contributed by atoms with Gasteiger partial charge >= 0.3 is 5.97 Å². The van der Waals surface area contributed by atoms with Crippen LogP contribution in [0.15, 0.2) is 28.7 Å². The summed E-state index contributed by atoms with van der Waals surface area (Å²) in [5.41, 5.74) is 0.997. The largest absolute Gasteiger partial charge is 0.466 e. The van der Waals surface area contributed by atoms with Gasteiger partial charge in [0.05, 0.1) is 6.61 Å². The second-order valence-electron chi connectivity index (χ2n) is 3.82. The number of rotatable bonds is 5. The number of hydrogen-bond donors (Lipinski definition) is 0. The topological polar surface area (TPSA) is 46.6 Å². The maximum absolute atomic E-state index is 11.8. The van der Waals surface area contributed by atoms with Crippen molar-refractivity contribution in [3.8, 4) is 0 Å². The van der Waals surface area contributed by atoms with E-state index in [1.165, 1.54) is 4.90 Å². The van der Waals surface area contributed by atoms with Gasteiger partial charge in [-0.3, -0.25) is 9.59 Å². The molecule has 1 aromatic carbocycles. The maximum atomic E-state index is 11.8. The lowest BCUT2D eigenvalue weighted by Crippen LogP contribution is -2.28. The van der Waals surface area contributed by atoms with Crippen LogP contribution in [-0.4, -0.2) is 30.4 Å². The van der Waals surface area contributed by atoms with Gasteiger partial charge in [-0.25, -0.2) is 0 Å². The van der Waals surface area contributed by atoms with Gasteiger partial charge in [0.25, 0.3) is 0 Å². The fraction of sp³-hybridized carbons (Fsp3) is 0.385. The van der Waals surface area contributed by atoms with Crippen molar-refractivity contribution < 1.29 is 14.3 Å². The van der Waals surface area contributed by atoms with Crippen molar-refractivity contribution in [1.29, 1.82) is 0 Å². The molecular weight excluding hydrogens is 298 g/mol. The van der Waals surface area contributed by atoms with Crippen LogP contribution in [0.4, 0.5) is 0 Å². The average molecular weight is 314 g/mol. The van der Waals surface area contributed by atoms with Crippen LogP contribution >= 0.6 is 15.9 Å². The first-order chi connectivity index (χ1) is 8.54. The van der Waals surface area contributed by atoms with E-state index in [1.54, 1.807) is 14.0 Å². The summed E-state index contributed by atoms with van der Waals surface area (Å²) in [7, 11) is 1.67. The molecule has 0 saturated carbocycles. The number of benzene rings is 1. The standard InChI is InChI=1S/C13H16BrNO3/c1-3-18-13(17)8-12(16)15(2)9-10-6-4-5-7-11(10)14/h4-7H,3,8-9H2,1-2H3. The predicted octanol–water partition coefficient (Wildman–Crippen LogP) is 2.36. The van der Waals surface area contributed by atoms with Crippen LogP contribution in [0.25, 0.3) is 0 Å². The molecule has 0 fully saturated rings. The number of nitrogens with zero attached hydrogens (tertiary/aromatic N) is 1. The Bertz CT molecular complexity index is 434. The molecule has 0 radical (unpaired) electrons. The summed E-state index contributed by atoms with van der Waals surface area (Å²) in [6.07, 6.45) is -0.213. The monoisotopic (exact) mass is 313 g/mol. The van der Waals surface area contributed by atoms with Crippen molar-refractivity contribution in [2.24, 2.45) is 0 Å². The number of ether oxygens (including phenoxy) is 1. The van der Waals surface area contributed by atoms with E-state index in [-0.39, 0.29) is 12.3 Å². The molecule has 1 aromatic rings. The lowest BCUT2D eigenvalue weighted by molar-refractivity contribution is -0.148. The van der Waals surface area contributed by atoms with E-state index in [1.807, 2.05) is 24.3 Å². The van der Waals surface area contributed by atoms with E-state index >= 15 is 0 Å². The van der Waals surface area contributed by atoms with Gasteiger partial charge in [0, 0.05) is 18.1 Å². The summed E-state index contributed by atoms with van der Waals surface area (Å²) in [5, 5.41) is 0. The van der Waals surface area contributed by atoms with Gasteiger partial charge in [0.1, 0.15) is 6.42 Å². The van der Waals surface area contributed by atoms with E-state index in [2.05, 4.69) is 15.9 Å². The minimum atomic E-state index is -0.485. The molecule has 0 N–H and O–H groups in total. The molecule has 5 heteroatoms. The van der Waals surface area contributed by atoms with Gasteiger partial charge < -0.3 is 9.64 Å². The van der Waals surface area contributed by atoms with E-state index in [0.29, 0.717) is 13.2 Å². The van der Waals surface area contributed by atoms with Gasteiger partial charge in [0.2, 0.25) is 5.91 Å². The second kappa shape index (κ2) is 7.16. The molecule has 1 rings (SSSR count). The summed E-state index contributed by atoms with van der Waals surface area (Å²) < 4.78 is 5.69. The van der Waals surface area contributed by atoms with Crippen LogP contribution in [0.3, 0.4) is 0 Å². The average Bonchev–Trinajstić information content (AvgIpc) is 2.32. The Kier molecular flexibility index (Phi) is 5.85. The summed E-state index contributed by atoms with van der Waals surface area (Å²) >= 11 is 3.42. The van der Waals surface area contributed by atoms with Crippen LogP contribution in [0, 0.1) is 0 Å². The lowest BCUT2D eigenvalue weighted by atomic mass is 10.2. The van der Waals surface area contributed by atoms with E-state index in [0.717, 1.165) is 10.0 Å². The highest BCUT2D eigenvalue weighted by atomic mass is 79.9. The Morgan fingerprint density at radius 2 is 2.00 bits per heavy atom. The molecule has 1 amide bonds. The second-order valence-corrected chi connectivity index (χ2v) is 4.68. The minimum absolute atomic E-state index is 0.213. The number of hydrogen-bond acceptors (Lipinski definition) is 3. The molecule has 0 aliphatic heterocycles. The van der Waals surface area contributed by atoms with Crippen molar-refractivity contribution in [2.75, 3.05) is 13.7 Å². The Labute approximate surface area is 115 Å². The Hall–Kier alpha value is -1.36. The van der Waals surface area contributed by atoms with Gasteiger partial charge in [0.15, 0.2) is 0 Å². The van der Waals surface area contributed by atoms with Crippen LogP contribution in [0.2, 0.25) is 0 Å².